The van der Waals surface area contributed by atoms with E-state index in [2.05, 4.69) is 15.4 Å². The van der Waals surface area contributed by atoms with E-state index in [0.29, 0.717) is 11.2 Å². The van der Waals surface area contributed by atoms with Gasteiger partial charge in [0.1, 0.15) is 9.53 Å². The van der Waals surface area contributed by atoms with Crippen LogP contribution in [0, 0.1) is 6.92 Å². The largest absolute Gasteiger partial charge is 0.395 e. The predicted molar refractivity (Wildman–Crippen MR) is 101 cm³/mol. The summed E-state index contributed by atoms with van der Waals surface area (Å²) < 4.78 is 2.04. The van der Waals surface area contributed by atoms with Crippen molar-refractivity contribution in [1.82, 2.24) is 14.8 Å². The fourth-order valence-electron chi connectivity index (χ4n) is 2.80. The lowest BCUT2D eigenvalue weighted by Crippen LogP contribution is -2.19. The van der Waals surface area contributed by atoms with Crippen molar-refractivity contribution in [2.75, 3.05) is 18.5 Å². The number of aliphatic hydroxyl groups is 1. The highest BCUT2D eigenvalue weighted by Crippen LogP contribution is 2.34. The monoisotopic (exact) mass is 352 g/mol. The fourth-order valence-corrected chi connectivity index (χ4v) is 3.87. The Morgan fingerprint density at radius 1 is 1.24 bits per heavy atom. The number of nitrogens with one attached hydrogen (secondary N) is 1. The lowest BCUT2D eigenvalue weighted by Gasteiger charge is -2.06. The van der Waals surface area contributed by atoms with Gasteiger partial charge in [-0.3, -0.25) is 4.79 Å². The zero-order valence-corrected chi connectivity index (χ0v) is 14.4. The molecule has 126 valence electrons. The molecule has 0 aliphatic heterocycles. The Hall–Kier alpha value is -2.77. The van der Waals surface area contributed by atoms with Gasteiger partial charge in [0.15, 0.2) is 0 Å². The van der Waals surface area contributed by atoms with Crippen molar-refractivity contribution >= 4 is 37.3 Å². The van der Waals surface area contributed by atoms with E-state index in [1.54, 1.807) is 12.4 Å². The average Bonchev–Trinajstić information content (AvgIpc) is 3.01. The summed E-state index contributed by atoms with van der Waals surface area (Å²) in [7, 11) is 0. The Morgan fingerprint density at radius 2 is 2.04 bits per heavy atom. The van der Waals surface area contributed by atoms with Crippen molar-refractivity contribution in [2.24, 2.45) is 0 Å². The van der Waals surface area contributed by atoms with E-state index in [1.807, 2.05) is 37.3 Å². The minimum absolute atomic E-state index is 0.0321. The van der Waals surface area contributed by atoms with E-state index < -0.39 is 0 Å². The minimum Gasteiger partial charge on any atom is -0.395 e. The van der Waals surface area contributed by atoms with Gasteiger partial charge in [-0.15, -0.1) is 11.3 Å². The third-order valence-electron chi connectivity index (χ3n) is 4.02. The number of rotatable bonds is 4. The summed E-state index contributed by atoms with van der Waals surface area (Å²) in [5, 5.41) is 18.2. The lowest BCUT2D eigenvalue weighted by atomic mass is 10.2. The lowest BCUT2D eigenvalue weighted by molar-refractivity contribution is 0.311. The van der Waals surface area contributed by atoms with Crippen LogP contribution in [0.5, 0.6) is 0 Å². The number of aromatic nitrogens is 3. The second-order valence-electron chi connectivity index (χ2n) is 5.73. The van der Waals surface area contributed by atoms with Crippen LogP contribution < -0.4 is 10.9 Å². The molecule has 0 spiro atoms. The van der Waals surface area contributed by atoms with Crippen LogP contribution >= 0.6 is 11.3 Å². The van der Waals surface area contributed by atoms with Gasteiger partial charge in [-0.1, -0.05) is 17.7 Å². The third-order valence-corrected chi connectivity index (χ3v) is 5.13. The maximum absolute atomic E-state index is 12.9. The Balaban J connectivity index is 1.95. The number of aliphatic hydroxyl groups excluding tert-OH is 1. The molecule has 0 saturated heterocycles. The summed E-state index contributed by atoms with van der Waals surface area (Å²) in [6.07, 6.45) is 3.41. The average molecular weight is 352 g/mol. The number of anilines is 1. The summed E-state index contributed by atoms with van der Waals surface area (Å²) in [5.74, 6) is 0. The van der Waals surface area contributed by atoms with Crippen LogP contribution in [0.15, 0.2) is 47.5 Å². The SMILES string of the molecule is Cc1ccc(-n2ncc3c(sc4nccc(NCCO)c43)c2=O)cc1. The zero-order chi connectivity index (χ0) is 17.4. The van der Waals surface area contributed by atoms with Crippen molar-refractivity contribution < 1.29 is 5.11 Å². The number of benzene rings is 1. The number of hydrogen-bond acceptors (Lipinski definition) is 6. The molecule has 0 aliphatic rings. The van der Waals surface area contributed by atoms with E-state index in [-0.39, 0.29) is 12.2 Å². The number of pyridine rings is 1. The quantitative estimate of drug-likeness (QED) is 0.590. The Labute approximate surface area is 147 Å². The smallest absolute Gasteiger partial charge is 0.289 e. The van der Waals surface area contributed by atoms with Gasteiger partial charge in [0.25, 0.3) is 5.56 Å². The molecular formula is C18H16N4O2S. The Bertz CT molecular complexity index is 1120. The molecule has 0 amide bonds. The van der Waals surface area contributed by atoms with Crippen LogP contribution in [0.1, 0.15) is 5.56 Å². The van der Waals surface area contributed by atoms with Gasteiger partial charge in [0, 0.05) is 29.2 Å². The van der Waals surface area contributed by atoms with Crippen molar-refractivity contribution in [2.45, 2.75) is 6.92 Å². The van der Waals surface area contributed by atoms with Crippen molar-refractivity contribution in [3.8, 4) is 5.69 Å². The van der Waals surface area contributed by atoms with Crippen molar-refractivity contribution in [1.29, 1.82) is 0 Å². The fraction of sp³-hybridized carbons (Fsp3) is 0.167. The molecule has 0 unspecified atom stereocenters. The summed E-state index contributed by atoms with van der Waals surface area (Å²) in [5.41, 5.74) is 2.56. The number of nitrogens with zero attached hydrogens (tertiary/aromatic N) is 3. The molecule has 1 aromatic carbocycles. The van der Waals surface area contributed by atoms with Crippen LogP contribution in [0.4, 0.5) is 5.69 Å². The van der Waals surface area contributed by atoms with E-state index >= 15 is 0 Å². The third kappa shape index (κ3) is 2.67. The molecular weight excluding hydrogens is 336 g/mol. The second kappa shape index (κ2) is 6.27. The predicted octanol–water partition coefficient (Wildman–Crippen LogP) is 2.71. The van der Waals surface area contributed by atoms with Gasteiger partial charge in [-0.25, -0.2) is 4.98 Å². The number of hydrogen-bond donors (Lipinski definition) is 2. The number of thiophene rings is 1. The molecule has 0 saturated carbocycles. The molecule has 0 bridgehead atoms. The molecule has 3 heterocycles. The van der Waals surface area contributed by atoms with E-state index in [0.717, 1.165) is 32.5 Å². The standard InChI is InChI=1S/C18H16N4O2S/c1-11-2-4-12(5-3-11)22-18(24)16-13(10-21-22)15-14(19-8-9-23)6-7-20-17(15)25-16/h2-7,10,23H,8-9H2,1H3,(H,19,20). The van der Waals surface area contributed by atoms with Gasteiger partial charge in [-0.2, -0.15) is 9.78 Å². The normalized spacial score (nSPS) is 11.3. The highest BCUT2D eigenvalue weighted by Gasteiger charge is 2.15. The van der Waals surface area contributed by atoms with E-state index in [4.69, 9.17) is 5.11 Å². The van der Waals surface area contributed by atoms with Gasteiger partial charge in [0.2, 0.25) is 0 Å². The van der Waals surface area contributed by atoms with Crippen LogP contribution in [0.25, 0.3) is 26.0 Å². The second-order valence-corrected chi connectivity index (χ2v) is 6.73. The molecule has 6 nitrogen and oxygen atoms in total. The summed E-state index contributed by atoms with van der Waals surface area (Å²) in [6.45, 7) is 2.47. The Kier molecular flexibility index (Phi) is 3.95. The number of aryl methyl sites for hydroxylation is 1. The molecule has 4 rings (SSSR count). The first kappa shape index (κ1) is 15.7. The van der Waals surface area contributed by atoms with Crippen molar-refractivity contribution in [3.63, 3.8) is 0 Å². The molecule has 25 heavy (non-hydrogen) atoms. The molecule has 4 aromatic rings. The summed E-state index contributed by atoms with van der Waals surface area (Å²) in [6, 6.07) is 9.52. The highest BCUT2D eigenvalue weighted by atomic mass is 32.1. The van der Waals surface area contributed by atoms with Gasteiger partial charge >= 0.3 is 0 Å². The topological polar surface area (TPSA) is 80.0 Å². The van der Waals surface area contributed by atoms with Crippen LogP contribution in [-0.4, -0.2) is 33.0 Å². The molecule has 3 aromatic heterocycles. The molecule has 0 radical (unpaired) electrons. The molecule has 0 aliphatic carbocycles. The van der Waals surface area contributed by atoms with Gasteiger partial charge in [0.05, 0.1) is 18.5 Å². The van der Waals surface area contributed by atoms with Crippen LogP contribution in [0.3, 0.4) is 0 Å². The summed E-state index contributed by atoms with van der Waals surface area (Å²) in [4.78, 5) is 18.1. The van der Waals surface area contributed by atoms with Gasteiger partial charge in [-0.05, 0) is 25.1 Å². The maximum atomic E-state index is 12.9. The molecule has 0 fully saturated rings. The van der Waals surface area contributed by atoms with Crippen LogP contribution in [-0.2, 0) is 0 Å². The molecule has 0 atom stereocenters. The molecule has 2 N–H and O–H groups in total. The minimum atomic E-state index is -0.155. The van der Waals surface area contributed by atoms with Crippen molar-refractivity contribution in [3.05, 3.63) is 58.6 Å². The molecule has 7 heteroatoms. The van der Waals surface area contributed by atoms with E-state index in [1.165, 1.54) is 16.0 Å². The first-order valence-corrected chi connectivity index (χ1v) is 8.72. The number of fused-ring (bicyclic) bond motifs is 3. The summed E-state index contributed by atoms with van der Waals surface area (Å²) >= 11 is 1.36. The maximum Gasteiger partial charge on any atom is 0.289 e. The first-order valence-electron chi connectivity index (χ1n) is 7.90. The first-order chi connectivity index (χ1) is 12.2. The van der Waals surface area contributed by atoms with E-state index in [9.17, 15) is 4.79 Å². The van der Waals surface area contributed by atoms with Gasteiger partial charge < -0.3 is 10.4 Å². The van der Waals surface area contributed by atoms with Crippen LogP contribution in [0.2, 0.25) is 0 Å². The Morgan fingerprint density at radius 3 is 2.80 bits per heavy atom. The highest BCUT2D eigenvalue weighted by molar-refractivity contribution is 7.25. The zero-order valence-electron chi connectivity index (χ0n) is 13.6.